The van der Waals surface area contributed by atoms with E-state index >= 15 is 0 Å². The van der Waals surface area contributed by atoms with Crippen molar-refractivity contribution in [2.24, 2.45) is 5.22 Å². The van der Waals surface area contributed by atoms with Crippen molar-refractivity contribution in [3.8, 4) is 0 Å². The predicted molar refractivity (Wildman–Crippen MR) is 62.5 cm³/mol. The minimum Gasteiger partial charge on any atom is -0.695 e. The third-order valence-electron chi connectivity index (χ3n) is 1.92. The van der Waals surface area contributed by atoms with E-state index in [0.29, 0.717) is 10.5 Å². The number of rotatable bonds is 3. The second-order valence-electron chi connectivity index (χ2n) is 4.46. The fourth-order valence-corrected chi connectivity index (χ4v) is 0.911. The highest BCUT2D eigenvalue weighted by Crippen LogP contribution is 2.15. The first-order chi connectivity index (χ1) is 7.80. The van der Waals surface area contributed by atoms with Crippen molar-refractivity contribution >= 4 is 11.4 Å². The van der Waals surface area contributed by atoms with E-state index in [1.165, 1.54) is 24.3 Å². The maximum absolute atomic E-state index is 11.4. The molecule has 0 radical (unpaired) electrons. The van der Waals surface area contributed by atoms with Crippen LogP contribution in [0, 0.1) is 15.3 Å². The number of hydrogen-bond donors (Lipinski definition) is 1. The molecular weight excluding hydrogens is 224 g/mol. The monoisotopic (exact) mass is 238 g/mol. The fraction of sp³-hybridized carbons (Fsp3) is 0.400. The Morgan fingerprint density at radius 3 is 2.12 bits per heavy atom. The van der Waals surface area contributed by atoms with Gasteiger partial charge in [0.15, 0.2) is 0 Å². The summed E-state index contributed by atoms with van der Waals surface area (Å²) in [7, 11) is 0. The molecule has 0 aliphatic rings. The van der Waals surface area contributed by atoms with Gasteiger partial charge in [-0.05, 0) is 32.9 Å². The van der Waals surface area contributed by atoms with E-state index in [9.17, 15) is 15.3 Å². The number of nitrogens with one attached hydrogen (secondary N) is 1. The molecule has 7 nitrogen and oxygen atoms in total. The van der Waals surface area contributed by atoms with Gasteiger partial charge >= 0.3 is 0 Å². The van der Waals surface area contributed by atoms with Gasteiger partial charge in [0.25, 0.3) is 5.69 Å². The maximum atomic E-state index is 11.4. The van der Waals surface area contributed by atoms with Crippen LogP contribution in [0.4, 0.5) is 11.4 Å². The van der Waals surface area contributed by atoms with Gasteiger partial charge in [-0.1, -0.05) is 0 Å². The van der Waals surface area contributed by atoms with Crippen LogP contribution in [-0.4, -0.2) is 15.3 Å². The number of anilines is 1. The first kappa shape index (κ1) is 12.9. The highest BCUT2D eigenvalue weighted by molar-refractivity contribution is 5.47. The smallest absolute Gasteiger partial charge is 0.269 e. The van der Waals surface area contributed by atoms with Crippen LogP contribution in [0.5, 0.6) is 0 Å². The molecule has 1 aromatic rings. The van der Waals surface area contributed by atoms with E-state index in [0.717, 1.165) is 0 Å². The van der Waals surface area contributed by atoms with E-state index < -0.39 is 10.5 Å². The standard InChI is InChI=1S/C10H14N4O3/c1-10(2,3)14(17)12-11-8-4-6-9(7-5-8)13(15)16/h4-7,11H,1-3H3/b14-12-. The molecular formula is C10H14N4O3. The molecule has 0 saturated heterocycles. The summed E-state index contributed by atoms with van der Waals surface area (Å²) in [6.45, 7) is 5.17. The lowest BCUT2D eigenvalue weighted by Crippen LogP contribution is -2.27. The molecule has 0 unspecified atom stereocenters. The normalized spacial score (nSPS) is 12.3. The molecule has 1 N–H and O–H groups in total. The summed E-state index contributed by atoms with van der Waals surface area (Å²) < 4.78 is 0. The van der Waals surface area contributed by atoms with Crippen LogP contribution in [0.25, 0.3) is 0 Å². The molecule has 0 aliphatic heterocycles. The lowest BCUT2D eigenvalue weighted by Gasteiger charge is -2.20. The summed E-state index contributed by atoms with van der Waals surface area (Å²) in [5.74, 6) is 0. The van der Waals surface area contributed by atoms with Gasteiger partial charge in [-0.15, -0.1) is 5.43 Å². The number of non-ortho nitro benzene ring substituents is 1. The predicted octanol–water partition coefficient (Wildman–Crippen LogP) is 2.68. The van der Waals surface area contributed by atoms with E-state index in [1.807, 2.05) is 0 Å². The van der Waals surface area contributed by atoms with E-state index in [2.05, 4.69) is 10.6 Å². The van der Waals surface area contributed by atoms with Gasteiger partial charge in [0.1, 0.15) is 11.2 Å². The molecule has 0 saturated carbocycles. The Kier molecular flexibility index (Phi) is 3.62. The molecule has 0 spiro atoms. The first-order valence-corrected chi connectivity index (χ1v) is 4.99. The summed E-state index contributed by atoms with van der Waals surface area (Å²) in [4.78, 5) is 10.5. The summed E-state index contributed by atoms with van der Waals surface area (Å²) >= 11 is 0. The largest absolute Gasteiger partial charge is 0.695 e. The van der Waals surface area contributed by atoms with E-state index in [-0.39, 0.29) is 5.69 Å². The van der Waals surface area contributed by atoms with Crippen LogP contribution in [0.15, 0.2) is 29.5 Å². The Balaban J connectivity index is 2.74. The lowest BCUT2D eigenvalue weighted by atomic mass is 10.1. The van der Waals surface area contributed by atoms with Crippen molar-refractivity contribution in [2.45, 2.75) is 26.3 Å². The van der Waals surface area contributed by atoms with Crippen LogP contribution >= 0.6 is 0 Å². The zero-order chi connectivity index (χ0) is 13.1. The molecule has 0 amide bonds. The quantitative estimate of drug-likeness (QED) is 0.379. The summed E-state index contributed by atoms with van der Waals surface area (Å²) in [5, 5.41) is 25.4. The molecule has 0 bridgehead atoms. The molecule has 1 rings (SSSR count). The van der Waals surface area contributed by atoms with Crippen molar-refractivity contribution in [1.82, 2.24) is 0 Å². The third kappa shape index (κ3) is 3.71. The average Bonchev–Trinajstić information content (AvgIpc) is 2.25. The minimum atomic E-state index is -0.631. The van der Waals surface area contributed by atoms with Crippen LogP contribution in [-0.2, 0) is 0 Å². The van der Waals surface area contributed by atoms with Crippen molar-refractivity contribution < 1.29 is 9.78 Å². The Hall–Kier alpha value is -2.18. The number of nitro groups is 1. The second-order valence-corrected chi connectivity index (χ2v) is 4.46. The molecule has 17 heavy (non-hydrogen) atoms. The van der Waals surface area contributed by atoms with E-state index in [1.54, 1.807) is 20.8 Å². The van der Waals surface area contributed by atoms with Gasteiger partial charge in [-0.3, -0.25) is 10.1 Å². The topological polar surface area (TPSA) is 93.6 Å². The Morgan fingerprint density at radius 2 is 1.71 bits per heavy atom. The van der Waals surface area contributed by atoms with Crippen molar-refractivity contribution in [3.63, 3.8) is 0 Å². The average molecular weight is 238 g/mol. The SMILES string of the molecule is CC(C)(C)/[N+]([O-])=N/Nc1ccc([N+](=O)[O-])cc1. The molecule has 0 heterocycles. The molecule has 7 heteroatoms. The van der Waals surface area contributed by atoms with Gasteiger partial charge in [-0.25, -0.2) is 0 Å². The molecule has 0 aromatic heterocycles. The highest BCUT2D eigenvalue weighted by atomic mass is 16.6. The van der Waals surface area contributed by atoms with Crippen LogP contribution in [0.1, 0.15) is 20.8 Å². The highest BCUT2D eigenvalue weighted by Gasteiger charge is 2.15. The summed E-state index contributed by atoms with van der Waals surface area (Å²) in [6.07, 6.45) is 0. The summed E-state index contributed by atoms with van der Waals surface area (Å²) in [5.41, 5.74) is 2.41. The first-order valence-electron chi connectivity index (χ1n) is 4.99. The number of benzene rings is 1. The van der Waals surface area contributed by atoms with Crippen molar-refractivity contribution in [2.75, 3.05) is 5.43 Å². The molecule has 0 atom stereocenters. The number of nitro benzene ring substituents is 1. The zero-order valence-electron chi connectivity index (χ0n) is 9.88. The number of hydrogen-bond acceptors (Lipinski definition) is 4. The third-order valence-corrected chi connectivity index (χ3v) is 1.92. The van der Waals surface area contributed by atoms with Crippen molar-refractivity contribution in [3.05, 3.63) is 39.6 Å². The van der Waals surface area contributed by atoms with Crippen LogP contribution < -0.4 is 5.43 Å². The van der Waals surface area contributed by atoms with Crippen LogP contribution in [0.3, 0.4) is 0 Å². The van der Waals surface area contributed by atoms with Gasteiger partial charge in [0.2, 0.25) is 0 Å². The van der Waals surface area contributed by atoms with Gasteiger partial charge in [0, 0.05) is 12.1 Å². The van der Waals surface area contributed by atoms with Gasteiger partial charge in [0.05, 0.1) is 10.1 Å². The fourth-order valence-electron chi connectivity index (χ4n) is 0.911. The minimum absolute atomic E-state index is 0.00893. The second kappa shape index (κ2) is 4.77. The maximum Gasteiger partial charge on any atom is 0.269 e. The molecule has 92 valence electrons. The van der Waals surface area contributed by atoms with Crippen molar-refractivity contribution in [1.29, 1.82) is 0 Å². The van der Waals surface area contributed by atoms with Gasteiger partial charge < -0.3 is 5.21 Å². The zero-order valence-corrected chi connectivity index (χ0v) is 9.88. The molecule has 1 aromatic carbocycles. The number of hydroxylamine groups is 1. The number of nitrogens with zero attached hydrogens (tertiary/aromatic N) is 3. The Labute approximate surface area is 98.5 Å². The lowest BCUT2D eigenvalue weighted by molar-refractivity contribution is -0.597. The van der Waals surface area contributed by atoms with Crippen LogP contribution in [0.2, 0.25) is 0 Å². The molecule has 0 aliphatic carbocycles. The van der Waals surface area contributed by atoms with E-state index in [4.69, 9.17) is 0 Å². The van der Waals surface area contributed by atoms with Gasteiger partial charge in [-0.2, -0.15) is 4.86 Å². The Morgan fingerprint density at radius 1 is 1.18 bits per heavy atom. The Bertz CT molecular complexity index is 434. The molecule has 0 fully saturated rings. The summed E-state index contributed by atoms with van der Waals surface area (Å²) in [6, 6.07) is 5.64.